The highest BCUT2D eigenvalue weighted by molar-refractivity contribution is 6.07. The van der Waals surface area contributed by atoms with Crippen LogP contribution in [-0.4, -0.2) is 22.7 Å². The second-order valence-corrected chi connectivity index (χ2v) is 3.60. The normalized spacial score (nSPS) is 9.61. The Hall–Kier alpha value is -2.37. The number of carbonyl (C=O) groups excluding carboxylic acids is 3. The van der Waals surface area contributed by atoms with E-state index in [0.29, 0.717) is 5.56 Å². The first-order valence-corrected chi connectivity index (χ1v) is 5.43. The molecule has 0 heterocycles. The Kier molecular flexibility index (Phi) is 4.86. The van der Waals surface area contributed by atoms with Gasteiger partial charge in [0, 0.05) is 12.0 Å². The fourth-order valence-electron chi connectivity index (χ4n) is 1.17. The van der Waals surface area contributed by atoms with Crippen molar-refractivity contribution in [1.29, 1.82) is 0 Å². The molecule has 0 saturated carbocycles. The Morgan fingerprint density at radius 3 is 2.17 bits per heavy atom. The summed E-state index contributed by atoms with van der Waals surface area (Å²) in [6.45, 7) is 1.64. The molecular formula is C12H14N2O4. The minimum Gasteiger partial charge on any atom is -0.508 e. The van der Waals surface area contributed by atoms with Crippen LogP contribution in [0.3, 0.4) is 0 Å². The summed E-state index contributed by atoms with van der Waals surface area (Å²) in [5, 5.41) is 9.05. The number of hydrogen-bond acceptors (Lipinski definition) is 4. The van der Waals surface area contributed by atoms with E-state index in [1.165, 1.54) is 24.3 Å². The zero-order valence-corrected chi connectivity index (χ0v) is 9.90. The Labute approximate surface area is 104 Å². The summed E-state index contributed by atoms with van der Waals surface area (Å²) in [6.07, 6.45) is -0.124. The monoisotopic (exact) mass is 250 g/mol. The molecule has 0 spiro atoms. The summed E-state index contributed by atoms with van der Waals surface area (Å²) in [6, 6.07) is 5.58. The number of Topliss-reactive ketones (excluding diaryl/α,β-unsaturated/α-hetero) is 1. The Bertz CT molecular complexity index is 454. The summed E-state index contributed by atoms with van der Waals surface area (Å²) in [5.74, 6) is -1.26. The molecular weight excluding hydrogens is 236 g/mol. The van der Waals surface area contributed by atoms with Crippen molar-refractivity contribution in [3.63, 3.8) is 0 Å². The highest BCUT2D eigenvalue weighted by Crippen LogP contribution is 2.11. The molecule has 1 aromatic rings. The first-order valence-electron chi connectivity index (χ1n) is 5.43. The molecule has 6 nitrogen and oxygen atoms in total. The Balaban J connectivity index is 2.47. The number of hydrazine groups is 1. The molecule has 0 bridgehead atoms. The van der Waals surface area contributed by atoms with Gasteiger partial charge in [-0.3, -0.25) is 25.2 Å². The summed E-state index contributed by atoms with van der Waals surface area (Å²) in [5.41, 5.74) is 4.63. The highest BCUT2D eigenvalue weighted by Gasteiger charge is 2.12. The maximum Gasteiger partial charge on any atom is 0.246 e. The van der Waals surface area contributed by atoms with Gasteiger partial charge in [-0.05, 0) is 24.3 Å². The lowest BCUT2D eigenvalue weighted by Gasteiger charge is -2.05. The Morgan fingerprint density at radius 1 is 1.06 bits per heavy atom. The van der Waals surface area contributed by atoms with Gasteiger partial charge in [0.15, 0.2) is 5.78 Å². The van der Waals surface area contributed by atoms with Crippen molar-refractivity contribution in [1.82, 2.24) is 10.9 Å². The van der Waals surface area contributed by atoms with Gasteiger partial charge < -0.3 is 5.11 Å². The van der Waals surface area contributed by atoms with E-state index in [9.17, 15) is 14.4 Å². The minimum atomic E-state index is -0.588. The molecule has 6 heteroatoms. The largest absolute Gasteiger partial charge is 0.508 e. The van der Waals surface area contributed by atoms with Gasteiger partial charge in [0.1, 0.15) is 5.75 Å². The summed E-state index contributed by atoms with van der Waals surface area (Å²) >= 11 is 0. The van der Waals surface area contributed by atoms with Gasteiger partial charge in [0.2, 0.25) is 11.8 Å². The van der Waals surface area contributed by atoms with E-state index in [1.54, 1.807) is 6.92 Å². The van der Waals surface area contributed by atoms with Crippen LogP contribution in [0.1, 0.15) is 30.1 Å². The molecule has 0 unspecified atom stereocenters. The third-order valence-electron chi connectivity index (χ3n) is 2.17. The van der Waals surface area contributed by atoms with E-state index in [1.807, 2.05) is 0 Å². The number of hydrogen-bond donors (Lipinski definition) is 3. The number of nitrogens with one attached hydrogen (secondary N) is 2. The summed E-state index contributed by atoms with van der Waals surface area (Å²) in [7, 11) is 0. The van der Waals surface area contributed by atoms with Crippen molar-refractivity contribution in [2.45, 2.75) is 19.8 Å². The van der Waals surface area contributed by atoms with Crippen LogP contribution in [0.15, 0.2) is 24.3 Å². The fourth-order valence-corrected chi connectivity index (χ4v) is 1.17. The van der Waals surface area contributed by atoms with Crippen LogP contribution in [0.2, 0.25) is 0 Å². The van der Waals surface area contributed by atoms with E-state index in [-0.39, 0.29) is 24.5 Å². The predicted molar refractivity (Wildman–Crippen MR) is 63.6 cm³/mol. The number of ketones is 1. The van der Waals surface area contributed by atoms with Crippen LogP contribution in [0.5, 0.6) is 5.75 Å². The van der Waals surface area contributed by atoms with Crippen LogP contribution in [-0.2, 0) is 9.59 Å². The second-order valence-electron chi connectivity index (χ2n) is 3.60. The third-order valence-corrected chi connectivity index (χ3v) is 2.17. The van der Waals surface area contributed by atoms with Gasteiger partial charge in [-0.25, -0.2) is 0 Å². The van der Waals surface area contributed by atoms with Crippen LogP contribution >= 0.6 is 0 Å². The first-order chi connectivity index (χ1) is 8.52. The molecule has 0 radical (unpaired) electrons. The molecule has 0 aliphatic carbocycles. The maximum absolute atomic E-state index is 11.6. The molecule has 0 fully saturated rings. The number of amides is 2. The van der Waals surface area contributed by atoms with Crippen LogP contribution < -0.4 is 10.9 Å². The topological polar surface area (TPSA) is 95.5 Å². The van der Waals surface area contributed by atoms with E-state index in [2.05, 4.69) is 10.9 Å². The SMILES string of the molecule is CCC(=O)NNC(=O)CC(=O)c1ccc(O)cc1. The van der Waals surface area contributed by atoms with Gasteiger partial charge in [-0.15, -0.1) is 0 Å². The van der Waals surface area contributed by atoms with Gasteiger partial charge >= 0.3 is 0 Å². The number of aromatic hydroxyl groups is 1. The van der Waals surface area contributed by atoms with E-state index < -0.39 is 11.7 Å². The maximum atomic E-state index is 11.6. The standard InChI is InChI=1S/C12H14N2O4/c1-2-11(17)13-14-12(18)7-10(16)8-3-5-9(15)6-4-8/h3-6,15H,2,7H2,1H3,(H,13,17)(H,14,18). The van der Waals surface area contributed by atoms with E-state index in [0.717, 1.165) is 0 Å². The molecule has 1 rings (SSSR count). The molecule has 0 aromatic heterocycles. The van der Waals surface area contributed by atoms with E-state index >= 15 is 0 Å². The van der Waals surface area contributed by atoms with Crippen LogP contribution in [0.25, 0.3) is 0 Å². The Morgan fingerprint density at radius 2 is 1.61 bits per heavy atom. The molecule has 2 amide bonds. The number of rotatable bonds is 4. The lowest BCUT2D eigenvalue weighted by molar-refractivity contribution is -0.128. The average Bonchev–Trinajstić information content (AvgIpc) is 2.36. The first kappa shape index (κ1) is 13.7. The molecule has 96 valence electrons. The van der Waals surface area contributed by atoms with Gasteiger partial charge in [-0.1, -0.05) is 6.92 Å². The third kappa shape index (κ3) is 4.25. The minimum absolute atomic E-state index is 0.0474. The predicted octanol–water partition coefficient (Wildman–Crippen LogP) is 0.522. The van der Waals surface area contributed by atoms with Crippen molar-refractivity contribution in [2.24, 2.45) is 0 Å². The summed E-state index contributed by atoms with van der Waals surface area (Å²) in [4.78, 5) is 33.8. The molecule has 0 aliphatic rings. The second kappa shape index (κ2) is 6.39. The van der Waals surface area contributed by atoms with Crippen molar-refractivity contribution < 1.29 is 19.5 Å². The molecule has 18 heavy (non-hydrogen) atoms. The molecule has 0 atom stereocenters. The smallest absolute Gasteiger partial charge is 0.246 e. The number of carbonyl (C=O) groups is 3. The highest BCUT2D eigenvalue weighted by atomic mass is 16.3. The number of phenolic OH excluding ortho intramolecular Hbond substituents is 1. The molecule has 3 N–H and O–H groups in total. The lowest BCUT2D eigenvalue weighted by Crippen LogP contribution is -2.41. The van der Waals surface area contributed by atoms with Crippen molar-refractivity contribution in [2.75, 3.05) is 0 Å². The summed E-state index contributed by atoms with van der Waals surface area (Å²) < 4.78 is 0. The van der Waals surface area contributed by atoms with Crippen LogP contribution in [0, 0.1) is 0 Å². The van der Waals surface area contributed by atoms with E-state index in [4.69, 9.17) is 5.11 Å². The van der Waals surface area contributed by atoms with Crippen molar-refractivity contribution >= 4 is 17.6 Å². The lowest BCUT2D eigenvalue weighted by atomic mass is 10.1. The molecule has 1 aromatic carbocycles. The zero-order chi connectivity index (χ0) is 13.5. The van der Waals surface area contributed by atoms with Crippen molar-refractivity contribution in [3.8, 4) is 5.75 Å². The van der Waals surface area contributed by atoms with Crippen molar-refractivity contribution in [3.05, 3.63) is 29.8 Å². The fraction of sp³-hybridized carbons (Fsp3) is 0.250. The average molecular weight is 250 g/mol. The number of benzene rings is 1. The zero-order valence-electron chi connectivity index (χ0n) is 9.90. The number of phenols is 1. The molecule has 0 aliphatic heterocycles. The van der Waals surface area contributed by atoms with Gasteiger partial charge in [-0.2, -0.15) is 0 Å². The quantitative estimate of drug-likeness (QED) is 0.412. The van der Waals surface area contributed by atoms with Gasteiger partial charge in [0.05, 0.1) is 6.42 Å². The van der Waals surface area contributed by atoms with Crippen LogP contribution in [0.4, 0.5) is 0 Å². The van der Waals surface area contributed by atoms with Gasteiger partial charge in [0.25, 0.3) is 0 Å². The molecule has 0 saturated heterocycles.